The maximum Gasteiger partial charge on any atom is 0.231 e. The summed E-state index contributed by atoms with van der Waals surface area (Å²) in [6.07, 6.45) is 2.93. The third kappa shape index (κ3) is 3.10. The molecule has 0 spiro atoms. The predicted octanol–water partition coefficient (Wildman–Crippen LogP) is 5.02. The number of fused-ring (bicyclic) bond motifs is 5. The molecule has 3 aliphatic rings. The second-order valence-electron chi connectivity index (χ2n) is 9.52. The normalized spacial score (nSPS) is 24.5. The number of methoxy groups -OCH3 is 2. The van der Waals surface area contributed by atoms with Crippen LogP contribution in [0.15, 0.2) is 54.6 Å². The summed E-state index contributed by atoms with van der Waals surface area (Å²) in [5.74, 6) is 3.44. The van der Waals surface area contributed by atoms with Crippen molar-refractivity contribution in [1.29, 1.82) is 0 Å². The molecule has 5 nitrogen and oxygen atoms in total. The van der Waals surface area contributed by atoms with Gasteiger partial charge < -0.3 is 23.4 Å². The topological polar surface area (TPSA) is 36.9 Å². The number of nitrogens with zero attached hydrogens (tertiary/aromatic N) is 1. The predicted molar refractivity (Wildman–Crippen MR) is 126 cm³/mol. The van der Waals surface area contributed by atoms with Crippen molar-refractivity contribution in [1.82, 2.24) is 0 Å². The van der Waals surface area contributed by atoms with Gasteiger partial charge >= 0.3 is 0 Å². The summed E-state index contributed by atoms with van der Waals surface area (Å²) < 4.78 is 24.1. The van der Waals surface area contributed by atoms with Gasteiger partial charge in [0.05, 0.1) is 33.4 Å². The van der Waals surface area contributed by atoms with Gasteiger partial charge in [-0.05, 0) is 34.9 Å². The van der Waals surface area contributed by atoms with Crippen LogP contribution in [0.25, 0.3) is 0 Å². The van der Waals surface area contributed by atoms with E-state index in [1.165, 1.54) is 27.8 Å². The zero-order chi connectivity index (χ0) is 22.6. The van der Waals surface area contributed by atoms with Gasteiger partial charge in [0, 0.05) is 24.8 Å². The zero-order valence-corrected chi connectivity index (χ0v) is 19.5. The molecule has 3 aromatic carbocycles. The molecule has 3 aromatic rings. The summed E-state index contributed by atoms with van der Waals surface area (Å²) in [6.45, 7) is 1.38. The average Bonchev–Trinajstić information content (AvgIpc) is 3.30. The molecule has 3 atom stereocenters. The Labute approximate surface area is 195 Å². The lowest BCUT2D eigenvalue weighted by atomic mass is 9.76. The highest BCUT2D eigenvalue weighted by molar-refractivity contribution is 5.55. The summed E-state index contributed by atoms with van der Waals surface area (Å²) in [5, 5.41) is 0. The van der Waals surface area contributed by atoms with Gasteiger partial charge in [0.2, 0.25) is 6.79 Å². The number of hydrogen-bond donors (Lipinski definition) is 0. The summed E-state index contributed by atoms with van der Waals surface area (Å²) in [5.41, 5.74) is 6.77. The van der Waals surface area contributed by atoms with Crippen molar-refractivity contribution in [2.45, 2.75) is 31.3 Å². The van der Waals surface area contributed by atoms with Gasteiger partial charge in [-0.3, -0.25) is 0 Å². The molecule has 0 aromatic heterocycles. The van der Waals surface area contributed by atoms with E-state index in [1.807, 2.05) is 0 Å². The maximum absolute atomic E-state index is 5.99. The van der Waals surface area contributed by atoms with Gasteiger partial charge in [-0.2, -0.15) is 0 Å². The van der Waals surface area contributed by atoms with Gasteiger partial charge in [0.15, 0.2) is 23.0 Å². The second kappa shape index (κ2) is 7.70. The third-order valence-electron chi connectivity index (χ3n) is 7.97. The molecule has 3 aliphatic heterocycles. The van der Waals surface area contributed by atoms with Crippen molar-refractivity contribution in [3.8, 4) is 23.0 Å². The third-order valence-corrected chi connectivity index (χ3v) is 7.97. The molecule has 1 unspecified atom stereocenters. The summed E-state index contributed by atoms with van der Waals surface area (Å²) in [6, 6.07) is 20.2. The van der Waals surface area contributed by atoms with Crippen molar-refractivity contribution in [3.63, 3.8) is 0 Å². The fourth-order valence-corrected chi connectivity index (χ4v) is 6.24. The van der Waals surface area contributed by atoms with Crippen LogP contribution in [0.5, 0.6) is 23.0 Å². The molecule has 0 fully saturated rings. The first-order valence-corrected chi connectivity index (χ1v) is 11.7. The molecule has 3 heterocycles. The highest BCUT2D eigenvalue weighted by Crippen LogP contribution is 2.55. The van der Waals surface area contributed by atoms with Gasteiger partial charge in [-0.1, -0.05) is 36.4 Å². The Morgan fingerprint density at radius 1 is 0.939 bits per heavy atom. The van der Waals surface area contributed by atoms with E-state index in [0.29, 0.717) is 12.8 Å². The lowest BCUT2D eigenvalue weighted by Gasteiger charge is -2.54. The number of hydrogen-bond acceptors (Lipinski definition) is 4. The Kier molecular flexibility index (Phi) is 4.77. The number of rotatable bonds is 4. The molecular weight excluding hydrogens is 414 g/mol. The monoisotopic (exact) mass is 444 g/mol. The largest absolute Gasteiger partial charge is 0.493 e. The van der Waals surface area contributed by atoms with E-state index < -0.39 is 0 Å². The molecule has 0 radical (unpaired) electrons. The minimum absolute atomic E-state index is 0.254. The molecule has 0 amide bonds. The number of quaternary nitrogens is 1. The first kappa shape index (κ1) is 20.4. The van der Waals surface area contributed by atoms with Crippen molar-refractivity contribution in [2.75, 3.05) is 34.6 Å². The van der Waals surface area contributed by atoms with Crippen LogP contribution in [-0.2, 0) is 19.3 Å². The molecule has 0 bridgehead atoms. The Morgan fingerprint density at radius 2 is 1.73 bits per heavy atom. The molecule has 6 rings (SSSR count). The van der Waals surface area contributed by atoms with Crippen molar-refractivity contribution in [3.05, 3.63) is 82.4 Å². The Morgan fingerprint density at radius 3 is 2.48 bits per heavy atom. The van der Waals surface area contributed by atoms with E-state index in [4.69, 9.17) is 18.9 Å². The zero-order valence-electron chi connectivity index (χ0n) is 19.5. The SMILES string of the molecule is COc1ccc2c(c1OC)[C@H](Cc1ccccc1)[N+]1(C)CCc3cc4c(cc3[C@H]1C2)OCO4. The fourth-order valence-electron chi connectivity index (χ4n) is 6.24. The van der Waals surface area contributed by atoms with Crippen molar-refractivity contribution >= 4 is 0 Å². The van der Waals surface area contributed by atoms with Crippen LogP contribution < -0.4 is 18.9 Å². The lowest BCUT2D eigenvalue weighted by Crippen LogP contribution is -2.57. The van der Waals surface area contributed by atoms with Gasteiger partial charge in [-0.25, -0.2) is 0 Å². The number of ether oxygens (including phenoxy) is 4. The van der Waals surface area contributed by atoms with Crippen LogP contribution in [0.1, 0.15) is 39.9 Å². The van der Waals surface area contributed by atoms with Crippen LogP contribution in [0.4, 0.5) is 0 Å². The first-order valence-electron chi connectivity index (χ1n) is 11.7. The number of benzene rings is 3. The summed E-state index contributed by atoms with van der Waals surface area (Å²) in [4.78, 5) is 0. The van der Waals surface area contributed by atoms with Gasteiger partial charge in [0.25, 0.3) is 0 Å². The summed E-state index contributed by atoms with van der Waals surface area (Å²) >= 11 is 0. The Balaban J connectivity index is 1.54. The maximum atomic E-state index is 5.99. The Hall–Kier alpha value is -3.18. The average molecular weight is 445 g/mol. The molecular formula is C28H30NO4+. The quantitative estimate of drug-likeness (QED) is 0.530. The minimum atomic E-state index is 0.254. The highest BCUT2D eigenvalue weighted by Gasteiger charge is 2.51. The molecule has 0 saturated heterocycles. The van der Waals surface area contributed by atoms with Crippen molar-refractivity contribution < 1.29 is 23.4 Å². The lowest BCUT2D eigenvalue weighted by molar-refractivity contribution is -0.972. The van der Waals surface area contributed by atoms with E-state index in [0.717, 1.165) is 53.3 Å². The summed E-state index contributed by atoms with van der Waals surface area (Å²) in [7, 11) is 5.90. The second-order valence-corrected chi connectivity index (χ2v) is 9.52. The van der Waals surface area contributed by atoms with Crippen molar-refractivity contribution in [2.24, 2.45) is 0 Å². The standard InChI is InChI=1S/C28H30NO4/c1-29-12-11-19-15-25-26(33-17-32-25)16-21(19)22(29)14-20-9-10-24(30-2)28(31-3)27(20)23(29)13-18-7-5-4-6-8-18/h4-10,15-16,22-23H,11-14,17H2,1-3H3/q+1/t22-,23+,29?/m1/s1. The van der Waals surface area contributed by atoms with Crippen LogP contribution in [0.2, 0.25) is 0 Å². The fraction of sp³-hybridized carbons (Fsp3) is 0.357. The highest BCUT2D eigenvalue weighted by atomic mass is 16.7. The van der Waals surface area contributed by atoms with E-state index in [1.54, 1.807) is 14.2 Å². The van der Waals surface area contributed by atoms with Crippen LogP contribution in [-0.4, -0.2) is 39.1 Å². The van der Waals surface area contributed by atoms with E-state index >= 15 is 0 Å². The molecule has 0 aliphatic carbocycles. The minimum Gasteiger partial charge on any atom is -0.493 e. The molecule has 5 heteroatoms. The van der Waals surface area contributed by atoms with E-state index in [9.17, 15) is 0 Å². The van der Waals surface area contributed by atoms with Gasteiger partial charge in [0.1, 0.15) is 12.1 Å². The molecule has 170 valence electrons. The van der Waals surface area contributed by atoms with E-state index in [-0.39, 0.29) is 6.04 Å². The Bertz CT molecular complexity index is 1210. The molecule has 0 N–H and O–H groups in total. The van der Waals surface area contributed by atoms with Crippen LogP contribution in [0.3, 0.4) is 0 Å². The first-order chi connectivity index (χ1) is 16.1. The molecule has 0 saturated carbocycles. The molecule has 33 heavy (non-hydrogen) atoms. The van der Waals surface area contributed by atoms with Gasteiger partial charge in [-0.15, -0.1) is 0 Å². The smallest absolute Gasteiger partial charge is 0.231 e. The van der Waals surface area contributed by atoms with Crippen LogP contribution >= 0.6 is 0 Å². The van der Waals surface area contributed by atoms with E-state index in [2.05, 4.69) is 61.6 Å². The number of likely N-dealkylation sites (N-methyl/N-ethyl adjacent to an activating group) is 1. The van der Waals surface area contributed by atoms with Crippen LogP contribution in [0, 0.1) is 0 Å².